The lowest BCUT2D eigenvalue weighted by Crippen LogP contribution is -2.44. The van der Waals surface area contributed by atoms with Crippen LogP contribution in [0.1, 0.15) is 30.9 Å². The topological polar surface area (TPSA) is 302 Å². The second kappa shape index (κ2) is 11.5. The maximum atomic E-state index is 13.1. The summed E-state index contributed by atoms with van der Waals surface area (Å²) in [7, 11) is 0. The molecule has 2 saturated heterocycles. The smallest absolute Gasteiger partial charge is 0.330 e. The number of quaternary nitrogens is 1. The van der Waals surface area contributed by atoms with E-state index in [9.17, 15) is 34.9 Å². The Balaban J connectivity index is 0.00000387. The van der Waals surface area contributed by atoms with Crippen molar-refractivity contribution < 1.29 is 43.8 Å². The Kier molecular flexibility index (Phi) is 8.77. The molecule has 3 aromatic heterocycles. The zero-order valence-electron chi connectivity index (χ0n) is 21.6. The van der Waals surface area contributed by atoms with Crippen molar-refractivity contribution in [3.8, 4) is 0 Å². The van der Waals surface area contributed by atoms with Crippen LogP contribution in [0.5, 0.6) is 0 Å². The minimum atomic E-state index is -4.75. The van der Waals surface area contributed by atoms with Crippen molar-refractivity contribution in [2.45, 2.75) is 62.6 Å². The summed E-state index contributed by atoms with van der Waals surface area (Å²) in [5, 5.41) is 41.9. The third-order valence-corrected chi connectivity index (χ3v) is 8.03. The molecule has 0 spiro atoms. The van der Waals surface area contributed by atoms with E-state index in [1.807, 2.05) is 0 Å². The fourth-order valence-corrected chi connectivity index (χ4v) is 6.22. The summed E-state index contributed by atoms with van der Waals surface area (Å²) in [4.78, 5) is 51.0. The average molecular weight is 621 g/mol. The number of aromatic nitrogens is 6. The standard InChI is InChI=1S/C20H26N7O11PS.H3N/c1-8-4-26(19(32)25-17(8)30)11-2-9(29)14(36-11)18(31)37-39(34,40)38-20(33)3-12(35-10(20)5-28)27-7-24-13-15(21)22-6-23-16(13)27;/h4,6-7,9-12,14,18,28-29,31,33H,2-3,5H2,1H3,(H,34,40)(H2,21,22,23)(H,25,30,32);1H3/t9-,10+,11+,12+,14-,18?,20+,39?;/m0./s1. The molecule has 0 radical (unpaired) electrons. The molecular weight excluding hydrogens is 591 g/mol. The van der Waals surface area contributed by atoms with Crippen LogP contribution in [-0.2, 0) is 30.3 Å². The van der Waals surface area contributed by atoms with E-state index in [2.05, 4.69) is 19.9 Å². The van der Waals surface area contributed by atoms with Gasteiger partial charge in [-0.25, -0.2) is 19.7 Å². The quantitative estimate of drug-likeness (QED) is 0.0987. The molecular formula is C20H29N8O11PS. The molecule has 2 aliphatic rings. The molecule has 2 fully saturated rings. The Hall–Kier alpha value is -2.72. The summed E-state index contributed by atoms with van der Waals surface area (Å²) in [5.74, 6) is -2.35. The molecule has 41 heavy (non-hydrogen) atoms. The molecule has 3 aromatic rings. The first-order valence-corrected chi connectivity index (χ1v) is 14.3. The predicted octanol–water partition coefficient (Wildman–Crippen LogP) is -2.80. The van der Waals surface area contributed by atoms with Gasteiger partial charge in [-0.3, -0.25) is 18.9 Å². The SMILES string of the molecule is Cc1cn([C@H]2C[C@H](O)[C@@H](C(O)OP([O-])(=S)O[C@]3(O)C[C@H](n4cnc5c(N)ncnc54)O[C@@H]3CO)O2)c(=O)[nH]c1=O.[NH4+]. The largest absolute Gasteiger partial charge is 0.780 e. The number of aliphatic hydroxyl groups is 4. The van der Waals surface area contributed by atoms with Gasteiger partial charge in [0.25, 0.3) is 5.56 Å². The van der Waals surface area contributed by atoms with Crippen LogP contribution in [0.25, 0.3) is 11.2 Å². The highest BCUT2D eigenvalue weighted by atomic mass is 32.5. The van der Waals surface area contributed by atoms with Crippen molar-refractivity contribution in [1.29, 1.82) is 0 Å². The fraction of sp³-hybridized carbons (Fsp3) is 0.550. The van der Waals surface area contributed by atoms with Gasteiger partial charge in [-0.1, -0.05) is 11.8 Å². The number of fused-ring (bicyclic) bond motifs is 1. The van der Waals surface area contributed by atoms with Gasteiger partial charge < -0.3 is 55.7 Å². The maximum absolute atomic E-state index is 13.1. The molecule has 8 atom stereocenters. The number of nitrogen functional groups attached to an aromatic ring is 1. The first-order chi connectivity index (χ1) is 18.8. The zero-order valence-corrected chi connectivity index (χ0v) is 23.3. The Morgan fingerprint density at radius 1 is 1.32 bits per heavy atom. The van der Waals surface area contributed by atoms with Crippen LogP contribution in [-0.4, -0.2) is 86.5 Å². The second-order valence-electron chi connectivity index (χ2n) is 9.27. The van der Waals surface area contributed by atoms with E-state index in [-0.39, 0.29) is 35.1 Å². The number of aryl methyl sites for hydroxylation is 1. The van der Waals surface area contributed by atoms with Gasteiger partial charge in [0.05, 0.1) is 25.5 Å². The van der Waals surface area contributed by atoms with E-state index in [0.717, 1.165) is 4.57 Å². The summed E-state index contributed by atoms with van der Waals surface area (Å²) in [6.45, 7) is -4.08. The minimum absolute atomic E-state index is 0. The number of hydrogen-bond donors (Lipinski definition) is 7. The maximum Gasteiger partial charge on any atom is 0.330 e. The third kappa shape index (κ3) is 5.95. The van der Waals surface area contributed by atoms with E-state index in [1.54, 1.807) is 0 Å². The number of rotatable bonds is 8. The van der Waals surface area contributed by atoms with Gasteiger partial charge in [0, 0.05) is 18.2 Å². The summed E-state index contributed by atoms with van der Waals surface area (Å²) in [5.41, 5.74) is 5.10. The van der Waals surface area contributed by atoms with Crippen LogP contribution >= 0.6 is 6.72 Å². The third-order valence-electron chi connectivity index (χ3n) is 6.54. The molecule has 0 amide bonds. The number of ether oxygens (including phenoxy) is 2. The molecule has 11 N–H and O–H groups in total. The molecule has 0 aliphatic carbocycles. The number of hydrogen-bond acceptors (Lipinski definition) is 16. The number of H-pyrrole nitrogens is 1. The fourth-order valence-electron chi connectivity index (χ4n) is 4.56. The molecule has 0 bridgehead atoms. The average Bonchev–Trinajstić information content (AvgIpc) is 3.56. The first kappa shape index (κ1) is 31.2. The van der Waals surface area contributed by atoms with Crippen molar-refractivity contribution in [3.05, 3.63) is 45.3 Å². The van der Waals surface area contributed by atoms with Crippen LogP contribution in [0, 0.1) is 6.92 Å². The van der Waals surface area contributed by atoms with Crippen LogP contribution in [0.2, 0.25) is 0 Å². The van der Waals surface area contributed by atoms with Crippen LogP contribution < -0.4 is 28.0 Å². The molecule has 5 rings (SSSR count). The monoisotopic (exact) mass is 620 g/mol. The van der Waals surface area contributed by atoms with Crippen molar-refractivity contribution in [3.63, 3.8) is 0 Å². The van der Waals surface area contributed by atoms with Crippen molar-refractivity contribution >= 4 is 35.5 Å². The molecule has 2 aliphatic heterocycles. The van der Waals surface area contributed by atoms with Gasteiger partial charge in [0.1, 0.15) is 43.2 Å². The van der Waals surface area contributed by atoms with E-state index in [1.165, 1.54) is 30.3 Å². The predicted molar refractivity (Wildman–Crippen MR) is 139 cm³/mol. The van der Waals surface area contributed by atoms with Gasteiger partial charge >= 0.3 is 5.69 Å². The zero-order chi connectivity index (χ0) is 29.0. The first-order valence-electron chi connectivity index (χ1n) is 11.8. The summed E-state index contributed by atoms with van der Waals surface area (Å²) >= 11 is 4.88. The van der Waals surface area contributed by atoms with E-state index >= 15 is 0 Å². The Bertz CT molecular complexity index is 1580. The molecule has 5 heterocycles. The minimum Gasteiger partial charge on any atom is -0.780 e. The van der Waals surface area contributed by atoms with Gasteiger partial charge in [-0.2, -0.15) is 0 Å². The van der Waals surface area contributed by atoms with Crippen molar-refractivity contribution in [2.75, 3.05) is 12.3 Å². The van der Waals surface area contributed by atoms with Gasteiger partial charge in [-0.15, -0.1) is 0 Å². The molecule has 0 saturated carbocycles. The summed E-state index contributed by atoms with van der Waals surface area (Å²) in [6.07, 6.45) is -5.56. The Labute approximate surface area is 235 Å². The lowest BCUT2D eigenvalue weighted by Gasteiger charge is -2.38. The number of nitrogens with two attached hydrogens (primary N) is 1. The molecule has 0 aromatic carbocycles. The highest BCUT2D eigenvalue weighted by Gasteiger charge is 2.51. The highest BCUT2D eigenvalue weighted by molar-refractivity contribution is 8.06. The molecule has 19 nitrogen and oxygen atoms in total. The summed E-state index contributed by atoms with van der Waals surface area (Å²) in [6, 6.07) is 0. The van der Waals surface area contributed by atoms with E-state index in [0.29, 0.717) is 0 Å². The lowest BCUT2D eigenvalue weighted by atomic mass is 10.1. The normalized spacial score (nSPS) is 30.2. The lowest BCUT2D eigenvalue weighted by molar-refractivity contribution is -0.273. The van der Waals surface area contributed by atoms with Crippen LogP contribution in [0.15, 0.2) is 28.4 Å². The second-order valence-corrected chi connectivity index (χ2v) is 11.9. The van der Waals surface area contributed by atoms with Gasteiger partial charge in [0.15, 0.2) is 17.8 Å². The molecule has 226 valence electrons. The molecule has 21 heteroatoms. The van der Waals surface area contributed by atoms with Gasteiger partial charge in [0.2, 0.25) is 5.79 Å². The number of aliphatic hydroxyl groups excluding tert-OH is 3. The van der Waals surface area contributed by atoms with Crippen molar-refractivity contribution in [1.82, 2.24) is 35.2 Å². The number of aromatic amines is 1. The highest BCUT2D eigenvalue weighted by Crippen LogP contribution is 2.51. The van der Waals surface area contributed by atoms with Crippen LogP contribution in [0.3, 0.4) is 0 Å². The van der Waals surface area contributed by atoms with Crippen molar-refractivity contribution in [2.24, 2.45) is 0 Å². The van der Waals surface area contributed by atoms with E-state index in [4.69, 9.17) is 36.1 Å². The molecule has 2 unspecified atom stereocenters. The number of nitrogens with zero attached hydrogens (tertiary/aromatic N) is 5. The van der Waals surface area contributed by atoms with Gasteiger partial charge in [-0.05, 0) is 6.92 Å². The summed E-state index contributed by atoms with van der Waals surface area (Å²) < 4.78 is 23.8. The number of nitrogens with one attached hydrogen (secondary N) is 1. The number of imidazole rings is 1. The van der Waals surface area contributed by atoms with Crippen LogP contribution in [0.4, 0.5) is 5.82 Å². The number of anilines is 1. The Morgan fingerprint density at radius 3 is 2.76 bits per heavy atom. The van der Waals surface area contributed by atoms with E-state index < -0.39 is 73.8 Å². The Morgan fingerprint density at radius 2 is 2.05 bits per heavy atom.